The second-order valence-electron chi connectivity index (χ2n) is 5.99. The Morgan fingerprint density at radius 1 is 1.37 bits per heavy atom. The molecule has 0 saturated carbocycles. The predicted molar refractivity (Wildman–Crippen MR) is 82.2 cm³/mol. The summed E-state index contributed by atoms with van der Waals surface area (Å²) in [5, 5.41) is 0. The Morgan fingerprint density at radius 2 is 2.16 bits per heavy atom. The van der Waals surface area contributed by atoms with E-state index in [4.69, 9.17) is 5.73 Å². The van der Waals surface area contributed by atoms with E-state index >= 15 is 0 Å². The molecule has 106 valence electrons. The third-order valence-electron chi connectivity index (χ3n) is 4.55. The molecule has 0 aliphatic carbocycles. The van der Waals surface area contributed by atoms with Crippen molar-refractivity contribution in [2.75, 3.05) is 13.1 Å². The first kappa shape index (κ1) is 14.5. The molecule has 2 rings (SSSR count). The number of hydrogen-bond acceptors (Lipinski definition) is 2. The largest absolute Gasteiger partial charge is 0.326 e. The minimum atomic E-state index is 0.234. The summed E-state index contributed by atoms with van der Waals surface area (Å²) in [5.41, 5.74) is 9.15. The molecule has 2 nitrogen and oxygen atoms in total. The zero-order valence-corrected chi connectivity index (χ0v) is 12.6. The summed E-state index contributed by atoms with van der Waals surface area (Å²) in [7, 11) is 0. The summed E-state index contributed by atoms with van der Waals surface area (Å²) in [6, 6.07) is 9.50. The van der Waals surface area contributed by atoms with Crippen LogP contribution in [0.25, 0.3) is 0 Å². The van der Waals surface area contributed by atoms with E-state index in [1.165, 1.54) is 37.1 Å². The van der Waals surface area contributed by atoms with Gasteiger partial charge in [0.2, 0.25) is 0 Å². The van der Waals surface area contributed by atoms with Crippen molar-refractivity contribution in [2.45, 2.75) is 52.1 Å². The summed E-state index contributed by atoms with van der Waals surface area (Å²) < 4.78 is 0. The van der Waals surface area contributed by atoms with Crippen LogP contribution in [-0.2, 0) is 0 Å². The van der Waals surface area contributed by atoms with Crippen LogP contribution in [0.5, 0.6) is 0 Å². The lowest BCUT2D eigenvalue weighted by Crippen LogP contribution is -2.39. The molecule has 0 amide bonds. The highest BCUT2D eigenvalue weighted by molar-refractivity contribution is 5.26. The molecule has 19 heavy (non-hydrogen) atoms. The fraction of sp³-hybridized carbons (Fsp3) is 0.647. The predicted octanol–water partition coefficient (Wildman–Crippen LogP) is 3.51. The minimum Gasteiger partial charge on any atom is -0.326 e. The number of nitrogens with two attached hydrogens (primary N) is 1. The second-order valence-corrected chi connectivity index (χ2v) is 5.99. The van der Waals surface area contributed by atoms with Gasteiger partial charge in [-0.15, -0.1) is 0 Å². The van der Waals surface area contributed by atoms with Gasteiger partial charge in [0.25, 0.3) is 0 Å². The monoisotopic (exact) mass is 260 g/mol. The molecule has 3 atom stereocenters. The van der Waals surface area contributed by atoms with Crippen LogP contribution in [-0.4, -0.2) is 24.0 Å². The Balaban J connectivity index is 2.21. The van der Waals surface area contributed by atoms with Crippen molar-refractivity contribution < 1.29 is 0 Å². The topological polar surface area (TPSA) is 29.3 Å². The van der Waals surface area contributed by atoms with E-state index in [1.807, 2.05) is 0 Å². The molecule has 1 aliphatic heterocycles. The van der Waals surface area contributed by atoms with E-state index in [1.54, 1.807) is 0 Å². The fourth-order valence-corrected chi connectivity index (χ4v) is 3.25. The molecular weight excluding hydrogens is 232 g/mol. The van der Waals surface area contributed by atoms with Gasteiger partial charge in [-0.2, -0.15) is 0 Å². The molecule has 1 aromatic rings. The first-order valence-corrected chi connectivity index (χ1v) is 7.71. The van der Waals surface area contributed by atoms with E-state index in [2.05, 4.69) is 49.9 Å². The van der Waals surface area contributed by atoms with Crippen LogP contribution in [0.2, 0.25) is 0 Å². The quantitative estimate of drug-likeness (QED) is 0.878. The normalized spacial score (nSPS) is 23.5. The van der Waals surface area contributed by atoms with Crippen molar-refractivity contribution in [2.24, 2.45) is 11.7 Å². The minimum absolute atomic E-state index is 0.234. The van der Waals surface area contributed by atoms with Gasteiger partial charge < -0.3 is 5.73 Å². The van der Waals surface area contributed by atoms with Crippen LogP contribution < -0.4 is 5.73 Å². The molecule has 1 aromatic carbocycles. The van der Waals surface area contributed by atoms with Gasteiger partial charge in [-0.3, -0.25) is 4.90 Å². The Kier molecular flexibility index (Phi) is 5.00. The molecule has 1 saturated heterocycles. The van der Waals surface area contributed by atoms with Gasteiger partial charge in [0.15, 0.2) is 0 Å². The van der Waals surface area contributed by atoms with Crippen molar-refractivity contribution >= 4 is 0 Å². The number of benzene rings is 1. The van der Waals surface area contributed by atoms with Crippen molar-refractivity contribution in [3.8, 4) is 0 Å². The first-order chi connectivity index (χ1) is 9.15. The molecule has 0 spiro atoms. The molecular formula is C17H28N2. The second kappa shape index (κ2) is 6.53. The number of hydrogen-bond donors (Lipinski definition) is 1. The SMILES string of the molecule is CCC1CCN(C(c2cccc(C)c2)C(N)CC)C1. The summed E-state index contributed by atoms with van der Waals surface area (Å²) in [6.07, 6.45) is 3.65. The lowest BCUT2D eigenvalue weighted by Gasteiger charge is -2.33. The van der Waals surface area contributed by atoms with Crippen molar-refractivity contribution in [3.05, 3.63) is 35.4 Å². The van der Waals surface area contributed by atoms with E-state index in [0.717, 1.165) is 12.3 Å². The number of rotatable bonds is 5. The van der Waals surface area contributed by atoms with Crippen molar-refractivity contribution in [1.29, 1.82) is 0 Å². The van der Waals surface area contributed by atoms with Gasteiger partial charge in [-0.05, 0) is 37.8 Å². The van der Waals surface area contributed by atoms with Crippen molar-refractivity contribution in [1.82, 2.24) is 4.90 Å². The lowest BCUT2D eigenvalue weighted by molar-refractivity contribution is 0.201. The average Bonchev–Trinajstić information content (AvgIpc) is 2.87. The van der Waals surface area contributed by atoms with E-state index in [0.29, 0.717) is 6.04 Å². The standard InChI is InChI=1S/C17H28N2/c1-4-14-9-10-19(12-14)17(16(18)5-2)15-8-6-7-13(3)11-15/h6-8,11,14,16-17H,4-5,9-10,12,18H2,1-3H3. The third kappa shape index (κ3) is 3.37. The highest BCUT2D eigenvalue weighted by atomic mass is 15.2. The van der Waals surface area contributed by atoms with Crippen LogP contribution in [0, 0.1) is 12.8 Å². The first-order valence-electron chi connectivity index (χ1n) is 7.71. The Bertz CT molecular complexity index is 402. The molecule has 2 N–H and O–H groups in total. The fourth-order valence-electron chi connectivity index (χ4n) is 3.25. The molecule has 0 aromatic heterocycles. The van der Waals surface area contributed by atoms with Gasteiger partial charge in [-0.1, -0.05) is 50.1 Å². The summed E-state index contributed by atoms with van der Waals surface area (Å²) in [4.78, 5) is 2.61. The average molecular weight is 260 g/mol. The third-order valence-corrected chi connectivity index (χ3v) is 4.55. The zero-order valence-electron chi connectivity index (χ0n) is 12.6. The Morgan fingerprint density at radius 3 is 2.74 bits per heavy atom. The number of aryl methyl sites for hydroxylation is 1. The van der Waals surface area contributed by atoms with Gasteiger partial charge >= 0.3 is 0 Å². The van der Waals surface area contributed by atoms with Gasteiger partial charge in [0, 0.05) is 18.6 Å². The van der Waals surface area contributed by atoms with Gasteiger partial charge in [0.1, 0.15) is 0 Å². The maximum atomic E-state index is 6.42. The molecule has 1 aliphatic rings. The Labute approximate surface area is 118 Å². The molecule has 0 bridgehead atoms. The van der Waals surface area contributed by atoms with Crippen LogP contribution in [0.3, 0.4) is 0 Å². The van der Waals surface area contributed by atoms with Crippen LogP contribution in [0.15, 0.2) is 24.3 Å². The summed E-state index contributed by atoms with van der Waals surface area (Å²) in [5.74, 6) is 0.858. The smallest absolute Gasteiger partial charge is 0.0499 e. The van der Waals surface area contributed by atoms with Crippen LogP contribution >= 0.6 is 0 Å². The molecule has 1 fully saturated rings. The molecule has 1 heterocycles. The zero-order chi connectivity index (χ0) is 13.8. The van der Waals surface area contributed by atoms with Crippen LogP contribution in [0.4, 0.5) is 0 Å². The molecule has 3 unspecified atom stereocenters. The highest BCUT2D eigenvalue weighted by Crippen LogP contribution is 2.32. The molecule has 2 heteroatoms. The maximum Gasteiger partial charge on any atom is 0.0499 e. The van der Waals surface area contributed by atoms with Crippen molar-refractivity contribution in [3.63, 3.8) is 0 Å². The van der Waals surface area contributed by atoms with E-state index in [-0.39, 0.29) is 6.04 Å². The number of likely N-dealkylation sites (tertiary alicyclic amines) is 1. The van der Waals surface area contributed by atoms with E-state index in [9.17, 15) is 0 Å². The Hall–Kier alpha value is -0.860. The maximum absolute atomic E-state index is 6.42. The van der Waals surface area contributed by atoms with Gasteiger partial charge in [0.05, 0.1) is 0 Å². The summed E-state index contributed by atoms with van der Waals surface area (Å²) in [6.45, 7) is 9.07. The summed E-state index contributed by atoms with van der Waals surface area (Å²) >= 11 is 0. The van der Waals surface area contributed by atoms with Crippen LogP contribution in [0.1, 0.15) is 50.3 Å². The van der Waals surface area contributed by atoms with E-state index < -0.39 is 0 Å². The number of nitrogens with zero attached hydrogens (tertiary/aromatic N) is 1. The van der Waals surface area contributed by atoms with Gasteiger partial charge in [-0.25, -0.2) is 0 Å². The lowest BCUT2D eigenvalue weighted by atomic mass is 9.95. The molecule has 0 radical (unpaired) electrons. The highest BCUT2D eigenvalue weighted by Gasteiger charge is 2.31.